The van der Waals surface area contributed by atoms with Crippen LogP contribution in [0.25, 0.3) is 0 Å². The van der Waals surface area contributed by atoms with Gasteiger partial charge in [0.2, 0.25) is 0 Å². The van der Waals surface area contributed by atoms with E-state index in [1.165, 1.54) is 6.92 Å². The van der Waals surface area contributed by atoms with Crippen LogP contribution < -0.4 is 0 Å². The third kappa shape index (κ3) is 2.50. The molecule has 1 saturated carbocycles. The summed E-state index contributed by atoms with van der Waals surface area (Å²) in [5, 5.41) is 0. The summed E-state index contributed by atoms with van der Waals surface area (Å²) in [5.41, 5.74) is -2.55. The van der Waals surface area contributed by atoms with Gasteiger partial charge in [0.25, 0.3) is 5.92 Å². The highest BCUT2D eigenvalue weighted by molar-refractivity contribution is 5.79. The predicted molar refractivity (Wildman–Crippen MR) is 71.1 cm³/mol. The van der Waals surface area contributed by atoms with Gasteiger partial charge in [-0.3, -0.25) is 4.79 Å². The molecular weight excluding hydrogens is 250 g/mol. The minimum Gasteiger partial charge on any atom is -0.465 e. The third-order valence-electron chi connectivity index (χ3n) is 5.01. The summed E-state index contributed by atoms with van der Waals surface area (Å²) >= 11 is 0. The number of alkyl halides is 2. The summed E-state index contributed by atoms with van der Waals surface area (Å²) < 4.78 is 34.7. The fourth-order valence-corrected chi connectivity index (χ4v) is 3.08. The summed E-state index contributed by atoms with van der Waals surface area (Å²) in [6, 6.07) is 0. The van der Waals surface area contributed by atoms with E-state index in [4.69, 9.17) is 4.74 Å². The van der Waals surface area contributed by atoms with Crippen molar-refractivity contribution in [3.63, 3.8) is 0 Å². The van der Waals surface area contributed by atoms with E-state index >= 15 is 0 Å². The summed E-state index contributed by atoms with van der Waals surface area (Å²) in [6.45, 7) is 8.23. The Labute approximate surface area is 114 Å². The molecule has 0 radical (unpaired) electrons. The van der Waals surface area contributed by atoms with Gasteiger partial charge in [0, 0.05) is 5.92 Å². The number of hydrogen-bond acceptors (Lipinski definition) is 2. The molecule has 1 fully saturated rings. The summed E-state index contributed by atoms with van der Waals surface area (Å²) in [5.74, 6) is -4.62. The van der Waals surface area contributed by atoms with Crippen molar-refractivity contribution in [2.75, 3.05) is 6.61 Å². The Bertz CT molecular complexity index is 339. The molecule has 0 aromatic rings. The summed E-state index contributed by atoms with van der Waals surface area (Å²) in [4.78, 5) is 12.3. The molecule has 0 bridgehead atoms. The van der Waals surface area contributed by atoms with E-state index in [1.54, 1.807) is 27.7 Å². The van der Waals surface area contributed by atoms with Crippen molar-refractivity contribution in [2.45, 2.75) is 66.2 Å². The molecule has 0 aromatic carbocycles. The number of halogens is 2. The highest BCUT2D eigenvalue weighted by Gasteiger charge is 2.66. The lowest BCUT2D eigenvalue weighted by Crippen LogP contribution is -2.58. The first-order valence-electron chi connectivity index (χ1n) is 7.16. The number of carbonyl (C=O) groups is 1. The average Bonchev–Trinajstić information content (AvgIpc) is 2.32. The van der Waals surface area contributed by atoms with E-state index in [9.17, 15) is 13.6 Å². The van der Waals surface area contributed by atoms with Crippen molar-refractivity contribution in [3.05, 3.63) is 0 Å². The molecule has 0 saturated heterocycles. The Balaban J connectivity index is 3.31. The first-order chi connectivity index (χ1) is 8.61. The lowest BCUT2D eigenvalue weighted by Gasteiger charge is -2.50. The van der Waals surface area contributed by atoms with Crippen LogP contribution in [0, 0.1) is 16.7 Å². The molecule has 4 heteroatoms. The smallest absolute Gasteiger partial charge is 0.318 e. The van der Waals surface area contributed by atoms with Crippen LogP contribution in [0.3, 0.4) is 0 Å². The first kappa shape index (κ1) is 16.4. The summed E-state index contributed by atoms with van der Waals surface area (Å²) in [6.07, 6.45) is 2.74. The van der Waals surface area contributed by atoms with E-state index in [0.29, 0.717) is 12.8 Å². The topological polar surface area (TPSA) is 26.3 Å². The molecule has 2 unspecified atom stereocenters. The molecule has 1 aliphatic rings. The van der Waals surface area contributed by atoms with Crippen molar-refractivity contribution in [3.8, 4) is 0 Å². The minimum absolute atomic E-state index is 0.134. The van der Waals surface area contributed by atoms with E-state index in [1.807, 2.05) is 0 Å². The number of rotatable bonds is 2. The zero-order chi connectivity index (χ0) is 14.9. The standard InChI is InChI=1S/C15H26F2O2/c1-6-19-12(18)14(5)13(3,4)10-8-7-9-11(2)15(14,16)17/h11H,6-10H2,1-5H3. The van der Waals surface area contributed by atoms with Gasteiger partial charge in [-0.2, -0.15) is 0 Å². The van der Waals surface area contributed by atoms with Crippen molar-refractivity contribution in [1.82, 2.24) is 0 Å². The van der Waals surface area contributed by atoms with E-state index in [2.05, 4.69) is 0 Å². The molecule has 0 amide bonds. The van der Waals surface area contributed by atoms with Gasteiger partial charge in [0.05, 0.1) is 6.61 Å². The Morgan fingerprint density at radius 1 is 1.26 bits per heavy atom. The van der Waals surface area contributed by atoms with Crippen LogP contribution in [-0.2, 0) is 9.53 Å². The van der Waals surface area contributed by atoms with Crippen LogP contribution in [0.2, 0.25) is 0 Å². The second-order valence-electron chi connectivity index (χ2n) is 6.50. The van der Waals surface area contributed by atoms with Gasteiger partial charge in [-0.25, -0.2) is 8.78 Å². The predicted octanol–water partition coefficient (Wildman–Crippen LogP) is 4.43. The Kier molecular flexibility index (Phi) is 4.63. The third-order valence-corrected chi connectivity index (χ3v) is 5.01. The molecule has 0 aliphatic heterocycles. The second-order valence-corrected chi connectivity index (χ2v) is 6.50. The molecule has 112 valence electrons. The maximum Gasteiger partial charge on any atom is 0.318 e. The molecule has 2 nitrogen and oxygen atoms in total. The van der Waals surface area contributed by atoms with Gasteiger partial charge in [-0.05, 0) is 32.1 Å². The maximum atomic E-state index is 14.9. The Hall–Kier alpha value is -0.670. The molecule has 1 aliphatic carbocycles. The van der Waals surface area contributed by atoms with Gasteiger partial charge < -0.3 is 4.74 Å². The SMILES string of the molecule is CCOC(=O)C1(C)C(C)(C)CCCCC(C)C1(F)F. The molecule has 0 spiro atoms. The lowest BCUT2D eigenvalue weighted by atomic mass is 9.57. The number of carbonyl (C=O) groups excluding carboxylic acids is 1. The molecule has 2 atom stereocenters. The highest BCUT2D eigenvalue weighted by Crippen LogP contribution is 2.57. The normalized spacial score (nSPS) is 34.2. The van der Waals surface area contributed by atoms with E-state index in [0.717, 1.165) is 12.8 Å². The fraction of sp³-hybridized carbons (Fsp3) is 0.933. The quantitative estimate of drug-likeness (QED) is 0.697. The van der Waals surface area contributed by atoms with Crippen molar-refractivity contribution in [1.29, 1.82) is 0 Å². The van der Waals surface area contributed by atoms with Crippen LogP contribution in [-0.4, -0.2) is 18.5 Å². The Morgan fingerprint density at radius 3 is 2.37 bits per heavy atom. The second kappa shape index (κ2) is 5.37. The van der Waals surface area contributed by atoms with Crippen LogP contribution >= 0.6 is 0 Å². The van der Waals surface area contributed by atoms with Gasteiger partial charge >= 0.3 is 5.97 Å². The Morgan fingerprint density at radius 2 is 1.84 bits per heavy atom. The highest BCUT2D eigenvalue weighted by atomic mass is 19.3. The number of ether oxygens (including phenoxy) is 1. The van der Waals surface area contributed by atoms with Crippen molar-refractivity contribution in [2.24, 2.45) is 16.7 Å². The molecule has 0 aromatic heterocycles. The van der Waals surface area contributed by atoms with Gasteiger partial charge in [0.15, 0.2) is 0 Å². The van der Waals surface area contributed by atoms with Gasteiger partial charge in [-0.1, -0.05) is 33.6 Å². The monoisotopic (exact) mass is 276 g/mol. The average molecular weight is 276 g/mol. The zero-order valence-corrected chi connectivity index (χ0v) is 12.7. The van der Waals surface area contributed by atoms with Crippen molar-refractivity contribution < 1.29 is 18.3 Å². The molecule has 0 heterocycles. The largest absolute Gasteiger partial charge is 0.465 e. The number of esters is 1. The molecule has 19 heavy (non-hydrogen) atoms. The van der Waals surface area contributed by atoms with Gasteiger partial charge in [-0.15, -0.1) is 0 Å². The number of hydrogen-bond donors (Lipinski definition) is 0. The van der Waals surface area contributed by atoms with Crippen LogP contribution in [0.15, 0.2) is 0 Å². The summed E-state index contributed by atoms with van der Waals surface area (Å²) in [7, 11) is 0. The van der Waals surface area contributed by atoms with Crippen molar-refractivity contribution >= 4 is 5.97 Å². The first-order valence-corrected chi connectivity index (χ1v) is 7.16. The van der Waals surface area contributed by atoms with Crippen LogP contribution in [0.5, 0.6) is 0 Å². The zero-order valence-electron chi connectivity index (χ0n) is 12.7. The minimum atomic E-state index is -3.05. The van der Waals surface area contributed by atoms with E-state index < -0.39 is 28.6 Å². The fourth-order valence-electron chi connectivity index (χ4n) is 3.08. The lowest BCUT2D eigenvalue weighted by molar-refractivity contribution is -0.225. The van der Waals surface area contributed by atoms with Crippen LogP contribution in [0.4, 0.5) is 8.78 Å². The molecular formula is C15H26F2O2. The maximum absolute atomic E-state index is 14.9. The van der Waals surface area contributed by atoms with Gasteiger partial charge in [0.1, 0.15) is 5.41 Å². The molecule has 1 rings (SSSR count). The van der Waals surface area contributed by atoms with Crippen LogP contribution in [0.1, 0.15) is 60.3 Å². The van der Waals surface area contributed by atoms with E-state index in [-0.39, 0.29) is 6.61 Å². The molecule has 0 N–H and O–H groups in total.